The number of methoxy groups -OCH3 is 1. The second-order valence-electron chi connectivity index (χ2n) is 10.7. The molecule has 0 aromatic carbocycles. The first kappa shape index (κ1) is 22.6. The number of amides is 1. The summed E-state index contributed by atoms with van der Waals surface area (Å²) in [4.78, 5) is 30.2. The summed E-state index contributed by atoms with van der Waals surface area (Å²) in [5, 5.41) is 8.94. The number of likely N-dealkylation sites (tertiary alicyclic amines) is 1. The Bertz CT molecular complexity index is 896. The van der Waals surface area contributed by atoms with Crippen LogP contribution in [0.25, 0.3) is 0 Å². The molecule has 0 bridgehead atoms. The monoisotopic (exact) mass is 454 g/mol. The van der Waals surface area contributed by atoms with Crippen molar-refractivity contribution in [3.8, 4) is 0 Å². The fourth-order valence-electron chi connectivity index (χ4n) is 6.86. The van der Waals surface area contributed by atoms with Crippen molar-refractivity contribution in [2.75, 3.05) is 38.2 Å². The third kappa shape index (κ3) is 4.35. The second-order valence-corrected chi connectivity index (χ2v) is 10.7. The minimum absolute atomic E-state index is 0.251. The molecule has 3 fully saturated rings. The van der Waals surface area contributed by atoms with Crippen LogP contribution in [-0.4, -0.2) is 60.3 Å². The largest absolute Gasteiger partial charge is 0.465 e. The van der Waals surface area contributed by atoms with E-state index in [1.165, 1.54) is 26.4 Å². The number of hydrogen-bond donors (Lipinski definition) is 0. The summed E-state index contributed by atoms with van der Waals surface area (Å²) < 4.78 is 5.12. The SMILES string of the molecule is COC(=O)c1c(N2CCC(C3CCCN(C(=O)C4CCCC4C)C3)CC2)nnc2c1CCC2. The highest BCUT2D eigenvalue weighted by Gasteiger charge is 2.38. The molecule has 0 N–H and O–H groups in total. The van der Waals surface area contributed by atoms with E-state index in [9.17, 15) is 9.59 Å². The molecule has 3 unspecified atom stereocenters. The molecule has 7 nitrogen and oxygen atoms in total. The number of rotatable bonds is 4. The molecule has 1 aromatic heterocycles. The Morgan fingerprint density at radius 1 is 0.909 bits per heavy atom. The molecule has 1 saturated carbocycles. The number of anilines is 1. The summed E-state index contributed by atoms with van der Waals surface area (Å²) in [5.41, 5.74) is 2.63. The summed E-state index contributed by atoms with van der Waals surface area (Å²) in [6, 6.07) is 0. The van der Waals surface area contributed by atoms with Crippen molar-refractivity contribution >= 4 is 17.7 Å². The van der Waals surface area contributed by atoms with Gasteiger partial charge in [0.05, 0.1) is 12.8 Å². The maximum Gasteiger partial charge on any atom is 0.342 e. The van der Waals surface area contributed by atoms with Crippen LogP contribution in [0.4, 0.5) is 5.82 Å². The number of carbonyl (C=O) groups excluding carboxylic acids is 2. The minimum Gasteiger partial charge on any atom is -0.465 e. The van der Waals surface area contributed by atoms with E-state index in [2.05, 4.69) is 26.9 Å². The van der Waals surface area contributed by atoms with Gasteiger partial charge in [-0.05, 0) is 81.1 Å². The smallest absolute Gasteiger partial charge is 0.342 e. The van der Waals surface area contributed by atoms with E-state index in [1.54, 1.807) is 0 Å². The number of esters is 1. The summed E-state index contributed by atoms with van der Waals surface area (Å²) in [6.45, 7) is 5.87. The van der Waals surface area contributed by atoms with Gasteiger partial charge in [0.1, 0.15) is 5.56 Å². The number of nitrogens with zero attached hydrogens (tertiary/aromatic N) is 4. The van der Waals surface area contributed by atoms with Crippen molar-refractivity contribution in [2.24, 2.45) is 23.7 Å². The lowest BCUT2D eigenvalue weighted by atomic mass is 9.79. The van der Waals surface area contributed by atoms with Crippen LogP contribution in [0.15, 0.2) is 0 Å². The van der Waals surface area contributed by atoms with Crippen molar-refractivity contribution in [2.45, 2.75) is 71.1 Å². The molecule has 1 aromatic rings. The van der Waals surface area contributed by atoms with Gasteiger partial charge >= 0.3 is 5.97 Å². The molecule has 2 aliphatic carbocycles. The van der Waals surface area contributed by atoms with E-state index in [1.807, 2.05) is 0 Å². The zero-order valence-corrected chi connectivity index (χ0v) is 20.2. The van der Waals surface area contributed by atoms with Gasteiger partial charge in [0.15, 0.2) is 5.82 Å². The molecule has 33 heavy (non-hydrogen) atoms. The van der Waals surface area contributed by atoms with Gasteiger partial charge in [-0.2, -0.15) is 5.10 Å². The Hall–Kier alpha value is -2.18. The van der Waals surface area contributed by atoms with E-state index in [0.717, 1.165) is 82.4 Å². The number of aromatic nitrogens is 2. The lowest BCUT2D eigenvalue weighted by Crippen LogP contribution is -2.47. The highest BCUT2D eigenvalue weighted by atomic mass is 16.5. The Labute approximate surface area is 197 Å². The molecule has 0 radical (unpaired) electrons. The van der Waals surface area contributed by atoms with E-state index in [-0.39, 0.29) is 11.9 Å². The van der Waals surface area contributed by atoms with Gasteiger partial charge in [0.25, 0.3) is 0 Å². The van der Waals surface area contributed by atoms with Gasteiger partial charge in [0.2, 0.25) is 5.91 Å². The molecule has 3 atom stereocenters. The summed E-state index contributed by atoms with van der Waals surface area (Å²) in [5.74, 6) is 2.84. The predicted octanol–water partition coefficient (Wildman–Crippen LogP) is 3.64. The Kier molecular flexibility index (Phi) is 6.57. The molecule has 3 heterocycles. The maximum absolute atomic E-state index is 13.2. The molecule has 4 aliphatic rings. The molecule has 2 aliphatic heterocycles. The second kappa shape index (κ2) is 9.59. The first-order valence-corrected chi connectivity index (χ1v) is 13.1. The van der Waals surface area contributed by atoms with E-state index < -0.39 is 0 Å². The van der Waals surface area contributed by atoms with Crippen molar-refractivity contribution in [3.63, 3.8) is 0 Å². The lowest BCUT2D eigenvalue weighted by molar-refractivity contribution is -0.138. The van der Waals surface area contributed by atoms with Crippen molar-refractivity contribution in [1.82, 2.24) is 15.1 Å². The van der Waals surface area contributed by atoms with Crippen LogP contribution in [0, 0.1) is 23.7 Å². The van der Waals surface area contributed by atoms with Gasteiger partial charge in [-0.1, -0.05) is 13.3 Å². The van der Waals surface area contributed by atoms with Crippen LogP contribution in [0.1, 0.15) is 79.9 Å². The van der Waals surface area contributed by atoms with Crippen LogP contribution in [-0.2, 0) is 22.4 Å². The number of aryl methyl sites for hydroxylation is 1. The maximum atomic E-state index is 13.2. The van der Waals surface area contributed by atoms with E-state index >= 15 is 0 Å². The zero-order valence-electron chi connectivity index (χ0n) is 20.2. The van der Waals surface area contributed by atoms with Crippen LogP contribution in [0.2, 0.25) is 0 Å². The van der Waals surface area contributed by atoms with E-state index in [4.69, 9.17) is 4.74 Å². The van der Waals surface area contributed by atoms with Gasteiger partial charge in [-0.25, -0.2) is 4.79 Å². The van der Waals surface area contributed by atoms with Gasteiger partial charge in [-0.15, -0.1) is 5.10 Å². The highest BCUT2D eigenvalue weighted by Crippen LogP contribution is 2.37. The normalized spacial score (nSPS) is 28.1. The lowest BCUT2D eigenvalue weighted by Gasteiger charge is -2.42. The standard InChI is InChI=1S/C26H38N4O3/c1-17-6-3-8-20(17)25(31)30-13-5-7-19(16-30)18-11-14-29(15-12-18)24-23(26(32)33-2)21-9-4-10-22(21)27-28-24/h17-20H,3-16H2,1-2H3. The number of fused-ring (bicyclic) bond motifs is 1. The molecular weight excluding hydrogens is 416 g/mol. The van der Waals surface area contributed by atoms with Crippen molar-refractivity contribution in [3.05, 3.63) is 16.8 Å². The average molecular weight is 455 g/mol. The summed E-state index contributed by atoms with van der Waals surface area (Å²) in [6.07, 6.45) is 10.8. The summed E-state index contributed by atoms with van der Waals surface area (Å²) in [7, 11) is 1.45. The molecule has 0 spiro atoms. The van der Waals surface area contributed by atoms with Crippen LogP contribution in [0.3, 0.4) is 0 Å². The van der Waals surface area contributed by atoms with Crippen LogP contribution in [0.5, 0.6) is 0 Å². The first-order valence-electron chi connectivity index (χ1n) is 13.1. The molecule has 2 saturated heterocycles. The fourth-order valence-corrected chi connectivity index (χ4v) is 6.86. The number of hydrogen-bond acceptors (Lipinski definition) is 6. The van der Waals surface area contributed by atoms with Crippen LogP contribution < -0.4 is 4.90 Å². The number of ether oxygens (including phenoxy) is 1. The Morgan fingerprint density at radius 3 is 2.45 bits per heavy atom. The quantitative estimate of drug-likeness (QED) is 0.647. The predicted molar refractivity (Wildman–Crippen MR) is 126 cm³/mol. The fraction of sp³-hybridized carbons (Fsp3) is 0.769. The Morgan fingerprint density at radius 2 is 1.73 bits per heavy atom. The molecule has 7 heteroatoms. The topological polar surface area (TPSA) is 75.6 Å². The van der Waals surface area contributed by atoms with Gasteiger partial charge in [-0.3, -0.25) is 4.79 Å². The van der Waals surface area contributed by atoms with E-state index in [0.29, 0.717) is 35.0 Å². The molecular formula is C26H38N4O3. The highest BCUT2D eigenvalue weighted by molar-refractivity contribution is 5.96. The number of piperidine rings is 2. The zero-order chi connectivity index (χ0) is 22.9. The third-order valence-corrected chi connectivity index (χ3v) is 8.82. The molecule has 180 valence electrons. The summed E-state index contributed by atoms with van der Waals surface area (Å²) >= 11 is 0. The van der Waals surface area contributed by atoms with Crippen LogP contribution >= 0.6 is 0 Å². The van der Waals surface area contributed by atoms with Crippen molar-refractivity contribution in [1.29, 1.82) is 0 Å². The molecule has 5 rings (SSSR count). The average Bonchev–Trinajstić information content (AvgIpc) is 3.51. The van der Waals surface area contributed by atoms with Gasteiger partial charge in [0, 0.05) is 32.1 Å². The third-order valence-electron chi connectivity index (χ3n) is 8.82. The van der Waals surface area contributed by atoms with Crippen molar-refractivity contribution < 1.29 is 14.3 Å². The molecule has 1 amide bonds. The first-order chi connectivity index (χ1) is 16.1. The van der Waals surface area contributed by atoms with Gasteiger partial charge < -0.3 is 14.5 Å². The number of carbonyl (C=O) groups is 2. The minimum atomic E-state index is -0.289. The Balaban J connectivity index is 1.24.